The van der Waals surface area contributed by atoms with E-state index in [-0.39, 0.29) is 5.82 Å². The molecule has 9 aromatic rings. The van der Waals surface area contributed by atoms with Crippen molar-refractivity contribution in [2.24, 2.45) is 0 Å². The summed E-state index contributed by atoms with van der Waals surface area (Å²) in [6.07, 6.45) is 1.72. The molecule has 0 aliphatic rings. The third-order valence-electron chi connectivity index (χ3n) is 7.98. The first-order chi connectivity index (χ1) is 20.7. The predicted molar refractivity (Wildman–Crippen MR) is 164 cm³/mol. The molecule has 0 saturated carbocycles. The Bertz CT molecular complexity index is 2480. The highest BCUT2D eigenvalue weighted by molar-refractivity contribution is 6.15. The number of halogens is 1. The molecule has 0 aliphatic carbocycles. The van der Waals surface area contributed by atoms with Gasteiger partial charge < -0.3 is 8.83 Å². The van der Waals surface area contributed by atoms with Gasteiger partial charge in [0.2, 0.25) is 5.71 Å². The van der Waals surface area contributed by atoms with Gasteiger partial charge in [-0.3, -0.25) is 4.57 Å². The number of hydrogen-bond donors (Lipinski definition) is 0. The van der Waals surface area contributed by atoms with Crippen LogP contribution in [0.2, 0.25) is 0 Å². The zero-order valence-electron chi connectivity index (χ0n) is 22.1. The van der Waals surface area contributed by atoms with Crippen LogP contribution in [0.5, 0.6) is 0 Å². The molecule has 5 nitrogen and oxygen atoms in total. The van der Waals surface area contributed by atoms with Crippen LogP contribution in [0.4, 0.5) is 4.39 Å². The summed E-state index contributed by atoms with van der Waals surface area (Å²) in [5.74, 6) is 0.442. The van der Waals surface area contributed by atoms with Crippen LogP contribution in [-0.2, 0) is 0 Å². The van der Waals surface area contributed by atoms with Crippen LogP contribution in [0.15, 0.2) is 130 Å². The van der Waals surface area contributed by atoms with E-state index in [4.69, 9.17) is 13.8 Å². The molecule has 4 aromatic heterocycles. The highest BCUT2D eigenvalue weighted by Crippen LogP contribution is 2.43. The Morgan fingerprint density at radius 2 is 1.40 bits per heavy atom. The van der Waals surface area contributed by atoms with Crippen molar-refractivity contribution in [3.05, 3.63) is 127 Å². The molecule has 0 atom stereocenters. The zero-order chi connectivity index (χ0) is 27.8. The van der Waals surface area contributed by atoms with Gasteiger partial charge >= 0.3 is 0 Å². The Hall–Kier alpha value is -5.75. The molecule has 0 bridgehead atoms. The lowest BCUT2D eigenvalue weighted by atomic mass is 9.97. The van der Waals surface area contributed by atoms with Crippen molar-refractivity contribution in [3.63, 3.8) is 0 Å². The fourth-order valence-corrected chi connectivity index (χ4v) is 6.12. The molecular weight excluding hydrogens is 525 g/mol. The number of fused-ring (bicyclic) bond motifs is 7. The number of furan rings is 2. The second-order valence-electron chi connectivity index (χ2n) is 10.3. The highest BCUT2D eigenvalue weighted by atomic mass is 19.1. The lowest BCUT2D eigenvalue weighted by Gasteiger charge is -2.12. The van der Waals surface area contributed by atoms with E-state index < -0.39 is 0 Å². The van der Waals surface area contributed by atoms with Crippen molar-refractivity contribution >= 4 is 55.0 Å². The molecule has 9 rings (SSSR count). The molecule has 0 aliphatic heterocycles. The third-order valence-corrected chi connectivity index (χ3v) is 7.98. The highest BCUT2D eigenvalue weighted by Gasteiger charge is 2.24. The normalized spacial score (nSPS) is 11.9. The molecule has 5 aromatic carbocycles. The maximum atomic E-state index is 13.8. The number of aromatic nitrogens is 3. The lowest BCUT2D eigenvalue weighted by Crippen LogP contribution is -1.98. The predicted octanol–water partition coefficient (Wildman–Crippen LogP) is 9.69. The Kier molecular flexibility index (Phi) is 4.72. The zero-order valence-corrected chi connectivity index (χ0v) is 22.1. The molecule has 0 unspecified atom stereocenters. The largest absolute Gasteiger partial charge is 0.454 e. The molecule has 4 heterocycles. The van der Waals surface area contributed by atoms with Crippen LogP contribution in [-0.4, -0.2) is 14.5 Å². The summed E-state index contributed by atoms with van der Waals surface area (Å²) in [4.78, 5) is 9.67. The minimum Gasteiger partial charge on any atom is -0.454 e. The van der Waals surface area contributed by atoms with Crippen LogP contribution in [0.25, 0.3) is 83.2 Å². The van der Waals surface area contributed by atoms with Crippen molar-refractivity contribution in [1.82, 2.24) is 14.5 Å². The molecule has 0 radical (unpaired) electrons. The first kappa shape index (κ1) is 23.0. The number of imidazole rings is 1. The summed E-state index contributed by atoms with van der Waals surface area (Å²) in [5.41, 5.74) is 8.15. The first-order valence-electron chi connectivity index (χ1n) is 13.7. The van der Waals surface area contributed by atoms with Crippen molar-refractivity contribution < 1.29 is 13.2 Å². The monoisotopic (exact) mass is 545 g/mol. The molecule has 198 valence electrons. The maximum Gasteiger partial charge on any atom is 0.227 e. The minimum absolute atomic E-state index is 0.279. The number of benzene rings is 5. The quantitative estimate of drug-likeness (QED) is 0.222. The average Bonchev–Trinajstić information content (AvgIpc) is 3.73. The molecule has 0 spiro atoms. The fourth-order valence-electron chi connectivity index (χ4n) is 6.12. The summed E-state index contributed by atoms with van der Waals surface area (Å²) in [6.45, 7) is 0. The summed E-state index contributed by atoms with van der Waals surface area (Å²) in [5, 5.41) is 3.89. The molecule has 6 heteroatoms. The van der Waals surface area contributed by atoms with Crippen molar-refractivity contribution in [2.45, 2.75) is 0 Å². The van der Waals surface area contributed by atoms with Crippen LogP contribution >= 0.6 is 0 Å². The molecule has 0 N–H and O–H groups in total. The summed E-state index contributed by atoms with van der Waals surface area (Å²) in [6, 6.07) is 36.9. The molecule has 0 fully saturated rings. The summed E-state index contributed by atoms with van der Waals surface area (Å²) >= 11 is 0. The van der Waals surface area contributed by atoms with E-state index >= 15 is 0 Å². The standard InChI is InChI=1S/C36H20FN3O2/c37-22-16-14-21(15-17-22)23-18-19-27(34-32(23)26-9-6-20-38-36(26)42-34)35-39-28-10-2-3-11-29(28)40(35)30-12-5-8-25-24-7-1-4-13-31(24)41-33(25)30/h1-20H. The van der Waals surface area contributed by atoms with E-state index in [1.54, 1.807) is 18.3 Å². The Morgan fingerprint density at radius 1 is 0.619 bits per heavy atom. The van der Waals surface area contributed by atoms with Crippen LogP contribution in [0.3, 0.4) is 0 Å². The van der Waals surface area contributed by atoms with Gasteiger partial charge in [0.1, 0.15) is 22.8 Å². The second kappa shape index (κ2) is 8.62. The average molecular weight is 546 g/mol. The van der Waals surface area contributed by atoms with Crippen LogP contribution in [0.1, 0.15) is 0 Å². The fraction of sp³-hybridized carbons (Fsp3) is 0. The van der Waals surface area contributed by atoms with Gasteiger partial charge in [0.15, 0.2) is 5.58 Å². The van der Waals surface area contributed by atoms with Gasteiger partial charge in [-0.15, -0.1) is 0 Å². The van der Waals surface area contributed by atoms with Crippen molar-refractivity contribution in [2.75, 3.05) is 0 Å². The van der Waals surface area contributed by atoms with Gasteiger partial charge in [0, 0.05) is 27.7 Å². The van der Waals surface area contributed by atoms with E-state index in [2.05, 4.69) is 45.9 Å². The summed E-state index contributed by atoms with van der Waals surface area (Å²) < 4.78 is 28.9. The van der Waals surface area contributed by atoms with Gasteiger partial charge in [0.25, 0.3) is 0 Å². The minimum atomic E-state index is -0.279. The molecule has 0 saturated heterocycles. The number of hydrogen-bond acceptors (Lipinski definition) is 4. The van der Waals surface area contributed by atoms with Gasteiger partial charge in [-0.25, -0.2) is 14.4 Å². The van der Waals surface area contributed by atoms with E-state index in [1.165, 1.54) is 12.1 Å². The van der Waals surface area contributed by atoms with Gasteiger partial charge in [0.05, 0.1) is 22.3 Å². The Morgan fingerprint density at radius 3 is 2.33 bits per heavy atom. The topological polar surface area (TPSA) is 57.0 Å². The molecule has 0 amide bonds. The number of nitrogens with zero attached hydrogens (tertiary/aromatic N) is 3. The van der Waals surface area contributed by atoms with Gasteiger partial charge in [-0.05, 0) is 65.7 Å². The van der Waals surface area contributed by atoms with Crippen molar-refractivity contribution in [1.29, 1.82) is 0 Å². The molecule has 42 heavy (non-hydrogen) atoms. The smallest absolute Gasteiger partial charge is 0.227 e. The first-order valence-corrected chi connectivity index (χ1v) is 13.7. The summed E-state index contributed by atoms with van der Waals surface area (Å²) in [7, 11) is 0. The maximum absolute atomic E-state index is 13.8. The van der Waals surface area contributed by atoms with E-state index in [1.807, 2.05) is 54.6 Å². The van der Waals surface area contributed by atoms with Crippen LogP contribution in [0, 0.1) is 5.82 Å². The van der Waals surface area contributed by atoms with Gasteiger partial charge in [-0.1, -0.05) is 60.7 Å². The SMILES string of the molecule is Fc1ccc(-c2ccc(-c3nc4ccccc4n3-c3cccc4c3oc3ccccc34)c3oc4ncccc4c23)cc1. The van der Waals surface area contributed by atoms with Crippen LogP contribution < -0.4 is 0 Å². The third kappa shape index (κ3) is 3.23. The van der Waals surface area contributed by atoms with Gasteiger partial charge in [-0.2, -0.15) is 0 Å². The van der Waals surface area contributed by atoms with E-state index in [0.717, 1.165) is 71.9 Å². The van der Waals surface area contributed by atoms with E-state index in [0.29, 0.717) is 11.3 Å². The Balaban J connectivity index is 1.40. The number of para-hydroxylation sites is 4. The molecular formula is C36H20FN3O2. The lowest BCUT2D eigenvalue weighted by molar-refractivity contribution is 0.628. The number of rotatable bonds is 3. The number of pyridine rings is 1. The second-order valence-corrected chi connectivity index (χ2v) is 10.3. The Labute approximate surface area is 238 Å². The van der Waals surface area contributed by atoms with E-state index in [9.17, 15) is 4.39 Å². The van der Waals surface area contributed by atoms with Crippen molar-refractivity contribution in [3.8, 4) is 28.2 Å².